The summed E-state index contributed by atoms with van der Waals surface area (Å²) in [6, 6.07) is 11.7. The summed E-state index contributed by atoms with van der Waals surface area (Å²) < 4.78 is 23.7. The molecular formula is C21H20FN3O3. The maximum Gasteiger partial charge on any atom is 0.157 e. The van der Waals surface area contributed by atoms with Gasteiger partial charge in [-0.15, -0.1) is 0 Å². The Morgan fingerprint density at radius 3 is 2.54 bits per heavy atom. The van der Waals surface area contributed by atoms with Gasteiger partial charge < -0.3 is 14.6 Å². The number of nitrogens with zero attached hydrogens (tertiary/aromatic N) is 2. The summed E-state index contributed by atoms with van der Waals surface area (Å²) in [5, 5.41) is 16.1. The molecule has 0 saturated heterocycles. The van der Waals surface area contributed by atoms with Gasteiger partial charge in [0.05, 0.1) is 28.6 Å². The van der Waals surface area contributed by atoms with Crippen molar-refractivity contribution in [2.24, 2.45) is 0 Å². The minimum absolute atomic E-state index is 0.0348. The number of aryl methyl sites for hydroxylation is 2. The highest BCUT2D eigenvalue weighted by molar-refractivity contribution is 5.80. The van der Waals surface area contributed by atoms with Gasteiger partial charge in [0.1, 0.15) is 5.76 Å². The van der Waals surface area contributed by atoms with Crippen molar-refractivity contribution in [3.05, 3.63) is 64.8 Å². The van der Waals surface area contributed by atoms with Crippen molar-refractivity contribution in [2.75, 3.05) is 19.5 Å². The molecule has 0 amide bonds. The number of rotatable bonds is 4. The van der Waals surface area contributed by atoms with E-state index < -0.39 is 5.82 Å². The van der Waals surface area contributed by atoms with Crippen molar-refractivity contribution in [1.82, 2.24) is 5.16 Å². The fraction of sp³-hybridized carbons (Fsp3) is 0.190. The number of methoxy groups -OCH3 is 1. The van der Waals surface area contributed by atoms with E-state index in [-0.39, 0.29) is 11.3 Å². The molecule has 1 heterocycles. The van der Waals surface area contributed by atoms with Crippen LogP contribution in [0.3, 0.4) is 0 Å². The van der Waals surface area contributed by atoms with Crippen molar-refractivity contribution < 1.29 is 18.4 Å². The first-order chi connectivity index (χ1) is 13.4. The first-order valence-electron chi connectivity index (χ1n) is 8.34. The zero-order chi connectivity index (χ0) is 20.7. The average molecular weight is 381 g/mol. The number of carbonyl (C=O) groups is 1. The molecule has 144 valence electrons. The van der Waals surface area contributed by atoms with Gasteiger partial charge in [0.15, 0.2) is 12.1 Å². The molecule has 0 aliphatic rings. The number of hydrogen-bond acceptors (Lipinski definition) is 6. The highest BCUT2D eigenvalue weighted by Crippen LogP contribution is 2.31. The molecule has 0 radical (unpaired) electrons. The van der Waals surface area contributed by atoms with E-state index in [0.717, 1.165) is 11.1 Å². The molecule has 0 unspecified atom stereocenters. The minimum atomic E-state index is -0.640. The van der Waals surface area contributed by atoms with Crippen LogP contribution in [-0.2, 0) is 4.74 Å². The molecule has 0 bridgehead atoms. The summed E-state index contributed by atoms with van der Waals surface area (Å²) in [6.45, 7) is 3.60. The normalized spacial score (nSPS) is 9.86. The standard InChI is InChI=1S/C19H14FN3O2.C2H6O/c1-11-18(12(2)25-23-11)15-6-13(9-21)7-16(8-15)22-17-5-3-4-14(10-24)19(17)20;1-3-2/h3-8,10,22H,1-2H3;1-2H3. The maximum absolute atomic E-state index is 14.3. The number of aldehydes is 1. The van der Waals surface area contributed by atoms with Crippen LogP contribution in [0.5, 0.6) is 0 Å². The third-order valence-corrected chi connectivity index (χ3v) is 3.82. The van der Waals surface area contributed by atoms with Crippen molar-refractivity contribution in [1.29, 1.82) is 5.26 Å². The predicted molar refractivity (Wildman–Crippen MR) is 104 cm³/mol. The second-order valence-corrected chi connectivity index (χ2v) is 5.97. The minimum Gasteiger partial charge on any atom is -0.388 e. The zero-order valence-electron chi connectivity index (χ0n) is 16.0. The summed E-state index contributed by atoms with van der Waals surface area (Å²) in [4.78, 5) is 10.9. The van der Waals surface area contributed by atoms with E-state index in [2.05, 4.69) is 21.3 Å². The number of ether oxygens (including phenoxy) is 1. The lowest BCUT2D eigenvalue weighted by Crippen LogP contribution is -1.98. The molecule has 1 N–H and O–H groups in total. The van der Waals surface area contributed by atoms with E-state index in [9.17, 15) is 14.4 Å². The quantitative estimate of drug-likeness (QED) is 0.654. The molecule has 0 aliphatic heterocycles. The molecule has 28 heavy (non-hydrogen) atoms. The van der Waals surface area contributed by atoms with Crippen molar-refractivity contribution in [3.63, 3.8) is 0 Å². The van der Waals surface area contributed by atoms with E-state index in [1.165, 1.54) is 12.1 Å². The summed E-state index contributed by atoms with van der Waals surface area (Å²) >= 11 is 0. The molecule has 0 aliphatic carbocycles. The van der Waals surface area contributed by atoms with E-state index >= 15 is 0 Å². The fourth-order valence-corrected chi connectivity index (χ4v) is 2.70. The number of benzene rings is 2. The zero-order valence-corrected chi connectivity index (χ0v) is 16.0. The fourth-order valence-electron chi connectivity index (χ4n) is 2.70. The van der Waals surface area contributed by atoms with E-state index in [1.807, 2.05) is 6.92 Å². The predicted octanol–water partition coefficient (Wildman–Crippen LogP) is 4.79. The van der Waals surface area contributed by atoms with Gasteiger partial charge in [-0.2, -0.15) is 5.26 Å². The number of hydrogen-bond donors (Lipinski definition) is 1. The molecular weight excluding hydrogens is 361 g/mol. The third-order valence-electron chi connectivity index (χ3n) is 3.82. The molecule has 3 rings (SSSR count). The summed E-state index contributed by atoms with van der Waals surface area (Å²) in [7, 11) is 3.25. The van der Waals surface area contributed by atoms with Crippen LogP contribution in [0.25, 0.3) is 11.1 Å². The molecule has 0 fully saturated rings. The Morgan fingerprint density at radius 2 is 1.96 bits per heavy atom. The summed E-state index contributed by atoms with van der Waals surface area (Å²) in [6.07, 6.45) is 0.460. The largest absolute Gasteiger partial charge is 0.388 e. The lowest BCUT2D eigenvalue weighted by atomic mass is 10.0. The van der Waals surface area contributed by atoms with Crippen LogP contribution < -0.4 is 5.32 Å². The molecule has 3 aromatic rings. The number of nitriles is 1. The van der Waals surface area contributed by atoms with Gasteiger partial charge in [-0.25, -0.2) is 4.39 Å². The van der Waals surface area contributed by atoms with E-state index in [0.29, 0.717) is 29.0 Å². The molecule has 2 aromatic carbocycles. The van der Waals surface area contributed by atoms with Crippen LogP contribution in [0.4, 0.5) is 15.8 Å². The smallest absolute Gasteiger partial charge is 0.157 e. The topological polar surface area (TPSA) is 88.2 Å². The number of carbonyl (C=O) groups excluding carboxylic acids is 1. The molecule has 0 saturated carbocycles. The second-order valence-electron chi connectivity index (χ2n) is 5.97. The van der Waals surface area contributed by atoms with Gasteiger partial charge in [-0.1, -0.05) is 11.2 Å². The molecule has 7 heteroatoms. The third kappa shape index (κ3) is 4.61. The molecule has 6 nitrogen and oxygen atoms in total. The lowest BCUT2D eigenvalue weighted by Gasteiger charge is -2.11. The molecule has 0 atom stereocenters. The Morgan fingerprint density at radius 1 is 1.25 bits per heavy atom. The summed E-state index contributed by atoms with van der Waals surface area (Å²) in [5.41, 5.74) is 3.29. The second kappa shape index (κ2) is 9.44. The first kappa shape index (κ1) is 20.8. The number of nitrogens with one attached hydrogen (secondary N) is 1. The van der Waals surface area contributed by atoms with Crippen LogP contribution in [0, 0.1) is 31.0 Å². The van der Waals surface area contributed by atoms with Gasteiger partial charge in [-0.3, -0.25) is 4.79 Å². The van der Waals surface area contributed by atoms with Crippen molar-refractivity contribution in [2.45, 2.75) is 13.8 Å². The van der Waals surface area contributed by atoms with Crippen molar-refractivity contribution in [3.8, 4) is 17.2 Å². The Kier molecular flexibility index (Phi) is 7.02. The first-order valence-corrected chi connectivity index (χ1v) is 8.34. The Hall–Kier alpha value is -3.50. The van der Waals surface area contributed by atoms with Gasteiger partial charge in [-0.05, 0) is 49.7 Å². The van der Waals surface area contributed by atoms with Crippen molar-refractivity contribution >= 4 is 17.7 Å². The van der Waals surface area contributed by atoms with Crippen LogP contribution in [0.1, 0.15) is 27.4 Å². The van der Waals surface area contributed by atoms with Crippen LogP contribution >= 0.6 is 0 Å². The van der Waals surface area contributed by atoms with Crippen LogP contribution in [0.15, 0.2) is 40.9 Å². The van der Waals surface area contributed by atoms with E-state index in [1.54, 1.807) is 45.4 Å². The van der Waals surface area contributed by atoms with E-state index in [4.69, 9.17) is 4.52 Å². The Labute approximate surface area is 162 Å². The van der Waals surface area contributed by atoms with Crippen LogP contribution in [-0.4, -0.2) is 25.7 Å². The number of aromatic nitrogens is 1. The number of halogens is 1. The SMILES string of the molecule is COC.Cc1noc(C)c1-c1cc(C#N)cc(Nc2cccc(C=O)c2F)c1. The highest BCUT2D eigenvalue weighted by atomic mass is 19.1. The van der Waals surface area contributed by atoms with Gasteiger partial charge in [0.2, 0.25) is 0 Å². The Balaban J connectivity index is 0.000000878. The molecule has 1 aromatic heterocycles. The monoisotopic (exact) mass is 381 g/mol. The summed E-state index contributed by atoms with van der Waals surface area (Å²) in [5.74, 6) is -0.00794. The van der Waals surface area contributed by atoms with Gasteiger partial charge >= 0.3 is 0 Å². The average Bonchev–Trinajstić information content (AvgIpc) is 3.02. The lowest BCUT2D eigenvalue weighted by molar-refractivity contribution is 0.112. The number of anilines is 2. The Bertz CT molecular complexity index is 1000. The van der Waals surface area contributed by atoms with Gasteiger partial charge in [0, 0.05) is 25.5 Å². The maximum atomic E-state index is 14.3. The highest BCUT2D eigenvalue weighted by Gasteiger charge is 2.14. The molecule has 0 spiro atoms. The van der Waals surface area contributed by atoms with Crippen LogP contribution in [0.2, 0.25) is 0 Å². The van der Waals surface area contributed by atoms with Gasteiger partial charge in [0.25, 0.3) is 0 Å².